The van der Waals surface area contributed by atoms with E-state index in [9.17, 15) is 0 Å². The number of hydrogen-bond donors (Lipinski definition) is 0. The average Bonchev–Trinajstić information content (AvgIpc) is 1.96. The summed E-state index contributed by atoms with van der Waals surface area (Å²) in [6.07, 6.45) is 9.50. The number of hydrogen-bond acceptors (Lipinski definition) is 0. The largest absolute Gasteiger partial charge is 1.00 e. The molecular formula is C8H17K. The van der Waals surface area contributed by atoms with Crippen LogP contribution in [-0.4, -0.2) is 0 Å². The molecule has 1 aliphatic carbocycles. The van der Waals surface area contributed by atoms with Gasteiger partial charge in [-0.3, -0.25) is 0 Å². The molecule has 1 rings (SSSR count). The molecule has 0 aromatic rings. The molecule has 1 saturated carbocycles. The summed E-state index contributed by atoms with van der Waals surface area (Å²) in [6, 6.07) is 0. The monoisotopic (exact) mass is 152 g/mol. The zero-order valence-electron chi connectivity index (χ0n) is 7.11. The summed E-state index contributed by atoms with van der Waals surface area (Å²) in [5.74, 6) is 0. The number of rotatable bonds is 0. The second kappa shape index (κ2) is 12.3. The van der Waals surface area contributed by atoms with Gasteiger partial charge in [0, 0.05) is 0 Å². The maximum atomic E-state index is 2.39. The molecule has 1 aliphatic rings. The van der Waals surface area contributed by atoms with Gasteiger partial charge in [0.1, 0.15) is 0 Å². The van der Waals surface area contributed by atoms with Gasteiger partial charge >= 0.3 is 51.4 Å². The van der Waals surface area contributed by atoms with E-state index in [0.29, 0.717) is 0 Å². The van der Waals surface area contributed by atoms with Gasteiger partial charge in [-0.05, 0) is 0 Å². The van der Waals surface area contributed by atoms with Gasteiger partial charge in [0.15, 0.2) is 0 Å². The van der Waals surface area contributed by atoms with Crippen LogP contribution in [0.1, 0.15) is 46.0 Å². The quantitative estimate of drug-likeness (QED) is 0.343. The summed E-state index contributed by atoms with van der Waals surface area (Å²) in [4.78, 5) is 0. The van der Waals surface area contributed by atoms with Crippen LogP contribution in [0, 0.1) is 6.42 Å². The Labute approximate surface area is 102 Å². The van der Waals surface area contributed by atoms with Crippen LogP contribution in [0.3, 0.4) is 0 Å². The van der Waals surface area contributed by atoms with Crippen LogP contribution in [0.2, 0.25) is 0 Å². The summed E-state index contributed by atoms with van der Waals surface area (Å²) in [7, 11) is 0. The Morgan fingerprint density at radius 1 is 0.889 bits per heavy atom. The van der Waals surface area contributed by atoms with Crippen LogP contribution >= 0.6 is 0 Å². The van der Waals surface area contributed by atoms with Crippen molar-refractivity contribution in [3.05, 3.63) is 6.42 Å². The molecule has 0 atom stereocenters. The first-order valence-electron chi connectivity index (χ1n) is 3.82. The van der Waals surface area contributed by atoms with Gasteiger partial charge in [-0.15, -0.1) is 0 Å². The third-order valence-electron chi connectivity index (χ3n) is 1.32. The van der Waals surface area contributed by atoms with Gasteiger partial charge in [-0.25, -0.2) is 0 Å². The Balaban J connectivity index is 0. The Morgan fingerprint density at radius 2 is 1.33 bits per heavy atom. The van der Waals surface area contributed by atoms with Gasteiger partial charge in [-0.1, -0.05) is 33.1 Å². The predicted octanol–water partition coefficient (Wildman–Crippen LogP) is 0.185. The molecule has 0 amide bonds. The van der Waals surface area contributed by atoms with Gasteiger partial charge in [-0.2, -0.15) is 12.8 Å². The average molecular weight is 152 g/mol. The minimum atomic E-state index is 0. The Hall–Kier alpha value is 1.64. The standard InChI is InChI=1S/C6H11.C2H6.K/c1-2-4-6-5-3-1;1-2;/h1H,2-6H2;1-2H3;/q-1;;+1. The molecule has 0 unspecified atom stereocenters. The third-order valence-corrected chi connectivity index (χ3v) is 1.32. The topological polar surface area (TPSA) is 0 Å². The molecule has 0 nitrogen and oxygen atoms in total. The van der Waals surface area contributed by atoms with Crippen molar-refractivity contribution in [3.8, 4) is 0 Å². The molecule has 0 saturated heterocycles. The molecule has 1 heteroatoms. The van der Waals surface area contributed by atoms with Crippen molar-refractivity contribution in [1.29, 1.82) is 0 Å². The normalized spacial score (nSPS) is 16.7. The first-order valence-corrected chi connectivity index (χ1v) is 3.82. The van der Waals surface area contributed by atoms with E-state index in [0.717, 1.165) is 0 Å². The van der Waals surface area contributed by atoms with E-state index in [1.165, 1.54) is 32.1 Å². The maximum absolute atomic E-state index is 2.39. The molecule has 0 spiro atoms. The van der Waals surface area contributed by atoms with Crippen molar-refractivity contribution >= 4 is 0 Å². The second-order valence-electron chi connectivity index (χ2n) is 1.93. The fraction of sp³-hybridized carbons (Fsp3) is 0.875. The Bertz CT molecular complexity index is 20.0. The van der Waals surface area contributed by atoms with Crippen LogP contribution in [0.25, 0.3) is 0 Å². The van der Waals surface area contributed by atoms with Crippen molar-refractivity contribution in [1.82, 2.24) is 0 Å². The van der Waals surface area contributed by atoms with Gasteiger partial charge in [0.2, 0.25) is 0 Å². The van der Waals surface area contributed by atoms with E-state index in [2.05, 4.69) is 6.42 Å². The van der Waals surface area contributed by atoms with Gasteiger partial charge < -0.3 is 6.42 Å². The van der Waals surface area contributed by atoms with Crippen molar-refractivity contribution in [2.75, 3.05) is 0 Å². The molecule has 0 heterocycles. The van der Waals surface area contributed by atoms with Crippen LogP contribution in [0.15, 0.2) is 0 Å². The Morgan fingerprint density at radius 3 is 1.44 bits per heavy atom. The molecule has 50 valence electrons. The minimum absolute atomic E-state index is 0. The van der Waals surface area contributed by atoms with Crippen LogP contribution in [0.4, 0.5) is 0 Å². The fourth-order valence-corrected chi connectivity index (χ4v) is 0.898. The smallest absolute Gasteiger partial charge is 0.328 e. The predicted molar refractivity (Wildman–Crippen MR) is 38.7 cm³/mol. The zero-order chi connectivity index (χ0) is 6.24. The molecule has 0 N–H and O–H groups in total. The summed E-state index contributed by atoms with van der Waals surface area (Å²) in [6.45, 7) is 4.00. The minimum Gasteiger partial charge on any atom is -0.328 e. The fourth-order valence-electron chi connectivity index (χ4n) is 0.898. The van der Waals surface area contributed by atoms with Crippen molar-refractivity contribution < 1.29 is 51.4 Å². The van der Waals surface area contributed by atoms with Crippen LogP contribution in [-0.2, 0) is 0 Å². The summed E-state index contributed by atoms with van der Waals surface area (Å²) in [5.41, 5.74) is 0. The summed E-state index contributed by atoms with van der Waals surface area (Å²) >= 11 is 0. The maximum Gasteiger partial charge on any atom is 1.00 e. The zero-order valence-corrected chi connectivity index (χ0v) is 10.2. The van der Waals surface area contributed by atoms with E-state index in [1.807, 2.05) is 13.8 Å². The molecule has 9 heavy (non-hydrogen) atoms. The molecule has 1 fully saturated rings. The van der Waals surface area contributed by atoms with E-state index in [1.54, 1.807) is 0 Å². The van der Waals surface area contributed by atoms with Crippen molar-refractivity contribution in [2.45, 2.75) is 46.0 Å². The Kier molecular flexibility index (Phi) is 18.1. The van der Waals surface area contributed by atoms with Crippen molar-refractivity contribution in [2.24, 2.45) is 0 Å². The first-order chi connectivity index (χ1) is 4.00. The van der Waals surface area contributed by atoms with Crippen molar-refractivity contribution in [3.63, 3.8) is 0 Å². The summed E-state index contributed by atoms with van der Waals surface area (Å²) in [5, 5.41) is 0. The van der Waals surface area contributed by atoms with Gasteiger partial charge in [0.05, 0.1) is 0 Å². The SMILES string of the molecule is CC.[CH-]1CCCCC1.[K+]. The van der Waals surface area contributed by atoms with Gasteiger partial charge in [0.25, 0.3) is 0 Å². The van der Waals surface area contributed by atoms with Crippen LogP contribution < -0.4 is 51.4 Å². The van der Waals surface area contributed by atoms with E-state index >= 15 is 0 Å². The molecule has 0 aliphatic heterocycles. The molecule has 0 aromatic carbocycles. The third kappa shape index (κ3) is 9.64. The summed E-state index contributed by atoms with van der Waals surface area (Å²) < 4.78 is 0. The first kappa shape index (κ1) is 13.2. The van der Waals surface area contributed by atoms with E-state index < -0.39 is 0 Å². The molecular weight excluding hydrogens is 135 g/mol. The molecule has 0 aromatic heterocycles. The van der Waals surface area contributed by atoms with Crippen LogP contribution in [0.5, 0.6) is 0 Å². The van der Waals surface area contributed by atoms with E-state index in [-0.39, 0.29) is 51.4 Å². The molecule has 0 radical (unpaired) electrons. The second-order valence-corrected chi connectivity index (χ2v) is 1.93. The molecule has 0 bridgehead atoms. The van der Waals surface area contributed by atoms with E-state index in [4.69, 9.17) is 0 Å².